The normalized spacial score (nSPS) is 11.6. The van der Waals surface area contributed by atoms with Gasteiger partial charge in [-0.05, 0) is 12.8 Å². The lowest BCUT2D eigenvalue weighted by Gasteiger charge is -2.24. The molecular weight excluding hydrogens is 208 g/mol. The summed E-state index contributed by atoms with van der Waals surface area (Å²) in [5, 5.41) is 14.0. The summed E-state index contributed by atoms with van der Waals surface area (Å²) in [7, 11) is 0. The van der Waals surface area contributed by atoms with Crippen molar-refractivity contribution in [2.45, 2.75) is 27.2 Å². The minimum Gasteiger partial charge on any atom is -0.409 e. The summed E-state index contributed by atoms with van der Waals surface area (Å²) >= 11 is 0. The van der Waals surface area contributed by atoms with Crippen LogP contribution >= 0.6 is 0 Å². The number of nitrogens with one attached hydrogen (secondary N) is 1. The molecule has 6 heteroatoms. The Hall–Kier alpha value is -1.46. The van der Waals surface area contributed by atoms with E-state index in [4.69, 9.17) is 10.9 Å². The van der Waals surface area contributed by atoms with Gasteiger partial charge >= 0.3 is 6.03 Å². The molecule has 0 fully saturated rings. The van der Waals surface area contributed by atoms with Gasteiger partial charge in [0.1, 0.15) is 5.84 Å². The van der Waals surface area contributed by atoms with Crippen LogP contribution in [0.25, 0.3) is 0 Å². The summed E-state index contributed by atoms with van der Waals surface area (Å²) in [5.74, 6) is 0.521. The molecular formula is C10H22N4O2. The maximum Gasteiger partial charge on any atom is 0.317 e. The van der Waals surface area contributed by atoms with Crippen LogP contribution in [0.1, 0.15) is 27.2 Å². The first-order valence-electron chi connectivity index (χ1n) is 5.50. The Kier molecular flexibility index (Phi) is 7.07. The number of oxime groups is 1. The predicted molar refractivity (Wildman–Crippen MR) is 63.5 cm³/mol. The Bertz CT molecular complexity index is 241. The molecule has 0 aliphatic heterocycles. The van der Waals surface area contributed by atoms with Crippen LogP contribution in [0.4, 0.5) is 4.79 Å². The average molecular weight is 230 g/mol. The fourth-order valence-electron chi connectivity index (χ4n) is 1.28. The fourth-order valence-corrected chi connectivity index (χ4v) is 1.28. The molecule has 0 atom stereocenters. The van der Waals surface area contributed by atoms with Gasteiger partial charge in [-0.1, -0.05) is 19.0 Å². The fraction of sp³-hybridized carbons (Fsp3) is 0.800. The lowest BCUT2D eigenvalue weighted by Crippen LogP contribution is -2.43. The van der Waals surface area contributed by atoms with Crippen LogP contribution in [0.5, 0.6) is 0 Å². The number of carbonyl (C=O) groups is 1. The van der Waals surface area contributed by atoms with E-state index >= 15 is 0 Å². The standard InChI is InChI=1S/C10H22N4O2/c1-4-12-10(15)14(7-8(2)3)6-5-9(11)13-16/h8,16H,4-7H2,1-3H3,(H2,11,13)(H,12,15). The number of nitrogens with zero attached hydrogens (tertiary/aromatic N) is 2. The van der Waals surface area contributed by atoms with E-state index in [1.807, 2.05) is 20.8 Å². The Morgan fingerprint density at radius 3 is 2.62 bits per heavy atom. The third-order valence-electron chi connectivity index (χ3n) is 1.97. The third kappa shape index (κ3) is 6.10. The van der Waals surface area contributed by atoms with Crippen molar-refractivity contribution in [3.63, 3.8) is 0 Å². The summed E-state index contributed by atoms with van der Waals surface area (Å²) in [5.41, 5.74) is 5.37. The van der Waals surface area contributed by atoms with E-state index in [1.165, 1.54) is 0 Å². The largest absolute Gasteiger partial charge is 0.409 e. The van der Waals surface area contributed by atoms with Crippen molar-refractivity contribution in [3.8, 4) is 0 Å². The van der Waals surface area contributed by atoms with E-state index in [-0.39, 0.29) is 11.9 Å². The van der Waals surface area contributed by atoms with Crippen molar-refractivity contribution in [3.05, 3.63) is 0 Å². The highest BCUT2D eigenvalue weighted by atomic mass is 16.4. The van der Waals surface area contributed by atoms with E-state index < -0.39 is 0 Å². The number of carbonyl (C=O) groups excluding carboxylic acids is 1. The van der Waals surface area contributed by atoms with E-state index in [0.29, 0.717) is 32.0 Å². The quantitative estimate of drug-likeness (QED) is 0.273. The molecule has 0 aromatic carbocycles. The Morgan fingerprint density at radius 2 is 2.19 bits per heavy atom. The van der Waals surface area contributed by atoms with Crippen LogP contribution in [0.15, 0.2) is 5.16 Å². The number of urea groups is 1. The van der Waals surface area contributed by atoms with Crippen LogP contribution in [-0.4, -0.2) is 41.6 Å². The molecule has 6 nitrogen and oxygen atoms in total. The molecule has 0 unspecified atom stereocenters. The Balaban J connectivity index is 4.25. The lowest BCUT2D eigenvalue weighted by molar-refractivity contribution is 0.193. The molecule has 0 radical (unpaired) electrons. The Labute approximate surface area is 96.5 Å². The first-order chi connectivity index (χ1) is 7.51. The van der Waals surface area contributed by atoms with E-state index in [1.54, 1.807) is 4.90 Å². The summed E-state index contributed by atoms with van der Waals surface area (Å²) in [6.45, 7) is 7.65. The number of rotatable bonds is 6. The van der Waals surface area contributed by atoms with Gasteiger partial charge in [-0.15, -0.1) is 0 Å². The Morgan fingerprint density at radius 1 is 1.56 bits per heavy atom. The molecule has 0 heterocycles. The van der Waals surface area contributed by atoms with Gasteiger partial charge in [0.2, 0.25) is 0 Å². The maximum atomic E-state index is 11.7. The second-order valence-electron chi connectivity index (χ2n) is 4.02. The number of amidine groups is 1. The van der Waals surface area contributed by atoms with E-state index in [9.17, 15) is 4.79 Å². The average Bonchev–Trinajstić information content (AvgIpc) is 2.23. The molecule has 0 aliphatic carbocycles. The van der Waals surface area contributed by atoms with Crippen LogP contribution < -0.4 is 11.1 Å². The van der Waals surface area contributed by atoms with Crippen molar-refractivity contribution in [2.75, 3.05) is 19.6 Å². The summed E-state index contributed by atoms with van der Waals surface area (Å²) < 4.78 is 0. The van der Waals surface area contributed by atoms with Crippen molar-refractivity contribution in [1.82, 2.24) is 10.2 Å². The third-order valence-corrected chi connectivity index (χ3v) is 1.97. The molecule has 2 amide bonds. The van der Waals surface area contributed by atoms with Crippen molar-refractivity contribution in [2.24, 2.45) is 16.8 Å². The van der Waals surface area contributed by atoms with Gasteiger partial charge in [0, 0.05) is 26.1 Å². The number of hydrogen-bond acceptors (Lipinski definition) is 3. The minimum absolute atomic E-state index is 0.109. The van der Waals surface area contributed by atoms with Crippen LogP contribution in [0.3, 0.4) is 0 Å². The molecule has 0 saturated carbocycles. The number of nitrogens with two attached hydrogens (primary N) is 1. The lowest BCUT2D eigenvalue weighted by atomic mass is 10.2. The minimum atomic E-state index is -0.109. The van der Waals surface area contributed by atoms with E-state index in [0.717, 1.165) is 0 Å². The summed E-state index contributed by atoms with van der Waals surface area (Å²) in [6.07, 6.45) is 0.375. The topological polar surface area (TPSA) is 91.0 Å². The highest BCUT2D eigenvalue weighted by Gasteiger charge is 2.14. The molecule has 0 bridgehead atoms. The van der Waals surface area contributed by atoms with Crippen LogP contribution in [-0.2, 0) is 0 Å². The number of amides is 2. The zero-order valence-corrected chi connectivity index (χ0v) is 10.2. The first-order valence-corrected chi connectivity index (χ1v) is 5.50. The molecule has 4 N–H and O–H groups in total. The monoisotopic (exact) mass is 230 g/mol. The highest BCUT2D eigenvalue weighted by Crippen LogP contribution is 2.00. The van der Waals surface area contributed by atoms with Gasteiger partial charge < -0.3 is 21.2 Å². The molecule has 0 aromatic rings. The van der Waals surface area contributed by atoms with Crippen LogP contribution in [0.2, 0.25) is 0 Å². The highest BCUT2D eigenvalue weighted by molar-refractivity contribution is 5.80. The van der Waals surface area contributed by atoms with Crippen LogP contribution in [0, 0.1) is 5.92 Å². The van der Waals surface area contributed by atoms with Gasteiger partial charge in [0.05, 0.1) is 0 Å². The molecule has 16 heavy (non-hydrogen) atoms. The molecule has 0 saturated heterocycles. The van der Waals surface area contributed by atoms with Gasteiger partial charge in [0.15, 0.2) is 0 Å². The summed E-state index contributed by atoms with van der Waals surface area (Å²) in [6, 6.07) is -0.109. The van der Waals surface area contributed by atoms with Gasteiger partial charge in [-0.2, -0.15) is 0 Å². The van der Waals surface area contributed by atoms with Gasteiger partial charge in [-0.25, -0.2) is 4.79 Å². The predicted octanol–water partition coefficient (Wildman–Crippen LogP) is 0.810. The summed E-state index contributed by atoms with van der Waals surface area (Å²) in [4.78, 5) is 13.3. The van der Waals surface area contributed by atoms with Crippen molar-refractivity contribution in [1.29, 1.82) is 0 Å². The SMILES string of the molecule is CCNC(=O)N(CCC(N)=NO)CC(C)C. The first kappa shape index (κ1) is 14.5. The van der Waals surface area contributed by atoms with Crippen molar-refractivity contribution >= 4 is 11.9 Å². The van der Waals surface area contributed by atoms with E-state index in [2.05, 4.69) is 10.5 Å². The molecule has 0 rings (SSSR count). The zero-order valence-electron chi connectivity index (χ0n) is 10.2. The smallest absolute Gasteiger partial charge is 0.317 e. The second-order valence-corrected chi connectivity index (χ2v) is 4.02. The molecule has 0 aliphatic rings. The van der Waals surface area contributed by atoms with Gasteiger partial charge in [0.25, 0.3) is 0 Å². The van der Waals surface area contributed by atoms with Gasteiger partial charge in [-0.3, -0.25) is 0 Å². The molecule has 94 valence electrons. The second kappa shape index (κ2) is 7.78. The maximum absolute atomic E-state index is 11.7. The number of hydrogen-bond donors (Lipinski definition) is 3. The molecule has 0 spiro atoms. The zero-order chi connectivity index (χ0) is 12.6. The van der Waals surface area contributed by atoms with Crippen molar-refractivity contribution < 1.29 is 10.0 Å². The molecule has 0 aromatic heterocycles.